The van der Waals surface area contributed by atoms with Gasteiger partial charge in [0.05, 0.1) is 48.6 Å². The molecule has 10 heteroatoms. The quantitative estimate of drug-likeness (QED) is 0.328. The Morgan fingerprint density at radius 2 is 1.88 bits per heavy atom. The molecule has 0 aliphatic carbocycles. The highest BCUT2D eigenvalue weighted by molar-refractivity contribution is 9.10. The maximum atomic E-state index is 14.3. The Balaban J connectivity index is 1.55. The second-order valence-corrected chi connectivity index (χ2v) is 7.93. The average Bonchev–Trinajstić information content (AvgIpc) is 2.81. The number of ether oxygens (including phenoxy) is 3. The van der Waals surface area contributed by atoms with Crippen LogP contribution in [0.15, 0.2) is 36.7 Å². The fraction of sp³-hybridized carbons (Fsp3) is 0.364. The number of fused-ring (bicyclic) bond motifs is 1. The molecule has 1 aliphatic heterocycles. The van der Waals surface area contributed by atoms with E-state index in [2.05, 4.69) is 31.0 Å². The summed E-state index contributed by atoms with van der Waals surface area (Å²) in [5.74, 6) is -0.141. The first-order valence-corrected chi connectivity index (χ1v) is 10.9. The summed E-state index contributed by atoms with van der Waals surface area (Å²) in [7, 11) is 1.54. The van der Waals surface area contributed by atoms with E-state index in [0.29, 0.717) is 29.0 Å². The van der Waals surface area contributed by atoms with Gasteiger partial charge in [0.25, 0.3) is 0 Å². The highest BCUT2D eigenvalue weighted by Gasteiger charge is 2.21. The Kier molecular flexibility index (Phi) is 7.33. The fourth-order valence-electron chi connectivity index (χ4n) is 3.56. The van der Waals surface area contributed by atoms with Gasteiger partial charge >= 0.3 is 0 Å². The first-order chi connectivity index (χ1) is 15.6. The van der Waals surface area contributed by atoms with E-state index >= 15 is 0 Å². The van der Waals surface area contributed by atoms with Crippen molar-refractivity contribution in [3.63, 3.8) is 0 Å². The molecule has 0 saturated carbocycles. The van der Waals surface area contributed by atoms with E-state index in [0.717, 1.165) is 39.3 Å². The summed E-state index contributed by atoms with van der Waals surface area (Å²) in [6.45, 7) is 4.85. The van der Waals surface area contributed by atoms with E-state index in [1.54, 1.807) is 12.1 Å². The van der Waals surface area contributed by atoms with E-state index < -0.39 is 11.6 Å². The molecule has 4 rings (SSSR count). The summed E-state index contributed by atoms with van der Waals surface area (Å²) >= 11 is 3.25. The van der Waals surface area contributed by atoms with Gasteiger partial charge in [0.15, 0.2) is 29.0 Å². The number of para-hydroxylation sites is 1. The van der Waals surface area contributed by atoms with E-state index in [1.165, 1.54) is 35.6 Å². The molecule has 0 atom stereocenters. The lowest BCUT2D eigenvalue weighted by Gasteiger charge is -2.26. The number of rotatable bonds is 8. The summed E-state index contributed by atoms with van der Waals surface area (Å²) in [5, 5.41) is 0.546. The molecule has 1 aliphatic rings. The van der Waals surface area contributed by atoms with Gasteiger partial charge in [-0.05, 0) is 24.6 Å². The van der Waals surface area contributed by atoms with Crippen molar-refractivity contribution in [2.24, 2.45) is 0 Å². The Hall–Kier alpha value is -2.56. The number of aromatic nitrogens is 2. The van der Waals surface area contributed by atoms with E-state index in [-0.39, 0.29) is 11.5 Å². The largest absolute Gasteiger partial charge is 0.493 e. The number of hydrogen-bond donors (Lipinski definition) is 0. The SMILES string of the molecule is COc1cc2c(N(Br)c3c(F)cccc3F)ncnc2cc1OCCCN1CCOCC1. The molecule has 0 bridgehead atoms. The number of anilines is 2. The van der Waals surface area contributed by atoms with Crippen LogP contribution in [0.5, 0.6) is 11.5 Å². The van der Waals surface area contributed by atoms with Gasteiger partial charge < -0.3 is 14.2 Å². The van der Waals surface area contributed by atoms with Crippen LogP contribution in [-0.2, 0) is 4.74 Å². The van der Waals surface area contributed by atoms with Gasteiger partial charge in [-0.2, -0.15) is 0 Å². The number of methoxy groups -OCH3 is 1. The van der Waals surface area contributed by atoms with Gasteiger partial charge in [0.1, 0.15) is 12.0 Å². The van der Waals surface area contributed by atoms with Crippen molar-refractivity contribution in [1.29, 1.82) is 0 Å². The van der Waals surface area contributed by atoms with Crippen LogP contribution in [0.1, 0.15) is 6.42 Å². The molecule has 7 nitrogen and oxygen atoms in total. The zero-order valence-electron chi connectivity index (χ0n) is 17.6. The molecule has 1 saturated heterocycles. The van der Waals surface area contributed by atoms with Crippen molar-refractivity contribution < 1.29 is 23.0 Å². The summed E-state index contributed by atoms with van der Waals surface area (Å²) < 4.78 is 46.6. The minimum Gasteiger partial charge on any atom is -0.493 e. The monoisotopic (exact) mass is 508 g/mol. The fourth-order valence-corrected chi connectivity index (χ4v) is 4.18. The molecular weight excluding hydrogens is 486 g/mol. The van der Waals surface area contributed by atoms with Crippen LogP contribution in [0.4, 0.5) is 20.3 Å². The molecular formula is C22H23BrF2N4O3. The molecule has 2 heterocycles. The third-order valence-corrected chi connectivity index (χ3v) is 5.89. The molecule has 3 aromatic rings. The Labute approximate surface area is 193 Å². The van der Waals surface area contributed by atoms with Crippen LogP contribution in [-0.4, -0.2) is 61.4 Å². The van der Waals surface area contributed by atoms with Crippen LogP contribution in [0.25, 0.3) is 10.9 Å². The molecule has 0 amide bonds. The van der Waals surface area contributed by atoms with Gasteiger partial charge in [-0.1, -0.05) is 6.07 Å². The summed E-state index contributed by atoms with van der Waals surface area (Å²) in [4.78, 5) is 10.9. The third kappa shape index (κ3) is 4.92. The topological polar surface area (TPSA) is 60.0 Å². The third-order valence-electron chi connectivity index (χ3n) is 5.20. The lowest BCUT2D eigenvalue weighted by Crippen LogP contribution is -2.37. The molecule has 0 N–H and O–H groups in total. The van der Waals surface area contributed by atoms with E-state index in [9.17, 15) is 8.78 Å². The first-order valence-electron chi connectivity index (χ1n) is 10.2. The molecule has 1 aromatic heterocycles. The van der Waals surface area contributed by atoms with Crippen LogP contribution in [0.2, 0.25) is 0 Å². The highest BCUT2D eigenvalue weighted by atomic mass is 79.9. The second-order valence-electron chi connectivity index (χ2n) is 7.22. The predicted molar refractivity (Wildman–Crippen MR) is 121 cm³/mol. The second kappa shape index (κ2) is 10.4. The van der Waals surface area contributed by atoms with Crippen LogP contribution >= 0.6 is 16.1 Å². The highest BCUT2D eigenvalue weighted by Crippen LogP contribution is 2.39. The smallest absolute Gasteiger partial charge is 0.163 e. The normalized spacial score (nSPS) is 14.5. The minimum absolute atomic E-state index is 0.269. The van der Waals surface area contributed by atoms with Gasteiger partial charge in [-0.15, -0.1) is 0 Å². The summed E-state index contributed by atoms with van der Waals surface area (Å²) in [6, 6.07) is 7.11. The van der Waals surface area contributed by atoms with Gasteiger partial charge in [-0.25, -0.2) is 18.7 Å². The molecule has 1 fully saturated rings. The summed E-state index contributed by atoms with van der Waals surface area (Å²) in [6.07, 6.45) is 2.19. The molecule has 0 unspecified atom stereocenters. The first kappa shape index (κ1) is 22.6. The Morgan fingerprint density at radius 3 is 2.59 bits per heavy atom. The predicted octanol–water partition coefficient (Wildman–Crippen LogP) is 4.47. The zero-order chi connectivity index (χ0) is 22.5. The molecule has 32 heavy (non-hydrogen) atoms. The number of nitrogens with zero attached hydrogens (tertiary/aromatic N) is 4. The van der Waals surface area contributed by atoms with Crippen molar-refractivity contribution in [1.82, 2.24) is 14.9 Å². The lowest BCUT2D eigenvalue weighted by atomic mass is 10.2. The summed E-state index contributed by atoms with van der Waals surface area (Å²) in [5.41, 5.74) is 0.287. The van der Waals surface area contributed by atoms with Crippen molar-refractivity contribution >= 4 is 38.6 Å². The van der Waals surface area contributed by atoms with E-state index in [4.69, 9.17) is 14.2 Å². The zero-order valence-corrected chi connectivity index (χ0v) is 19.1. The Morgan fingerprint density at radius 1 is 1.12 bits per heavy atom. The maximum absolute atomic E-state index is 14.3. The van der Waals surface area contributed by atoms with Crippen molar-refractivity contribution in [2.75, 3.05) is 50.5 Å². The molecule has 170 valence electrons. The van der Waals surface area contributed by atoms with Gasteiger partial charge in [0, 0.05) is 31.1 Å². The Bertz CT molecular complexity index is 1060. The molecule has 0 spiro atoms. The van der Waals surface area contributed by atoms with Crippen LogP contribution in [0, 0.1) is 11.6 Å². The lowest BCUT2D eigenvalue weighted by molar-refractivity contribution is 0.0357. The number of hydrogen-bond acceptors (Lipinski definition) is 7. The van der Waals surface area contributed by atoms with Crippen molar-refractivity contribution in [3.8, 4) is 11.5 Å². The van der Waals surface area contributed by atoms with Gasteiger partial charge in [0.2, 0.25) is 0 Å². The average molecular weight is 509 g/mol. The standard InChI is InChI=1S/C22H23BrF2N4O3/c1-30-19-12-15-18(13-20(19)32-9-3-6-28-7-10-31-11-8-28)26-14-27-22(15)29(23)21-16(24)4-2-5-17(21)25/h2,4-5,12-14H,3,6-11H2,1H3. The van der Waals surface area contributed by atoms with E-state index in [1.807, 2.05) is 0 Å². The number of halogens is 3. The molecule has 2 aromatic carbocycles. The molecule has 0 radical (unpaired) electrons. The number of morpholine rings is 1. The maximum Gasteiger partial charge on any atom is 0.163 e. The number of benzene rings is 2. The van der Waals surface area contributed by atoms with Crippen molar-refractivity contribution in [2.45, 2.75) is 6.42 Å². The van der Waals surface area contributed by atoms with Gasteiger partial charge in [-0.3, -0.25) is 8.83 Å². The van der Waals surface area contributed by atoms with Crippen molar-refractivity contribution in [3.05, 3.63) is 48.3 Å². The minimum atomic E-state index is -0.721. The van der Waals surface area contributed by atoms with Crippen LogP contribution < -0.4 is 13.4 Å². The van der Waals surface area contributed by atoms with Crippen LogP contribution in [0.3, 0.4) is 0 Å².